The van der Waals surface area contributed by atoms with Crippen LogP contribution in [0.2, 0.25) is 0 Å². The Kier molecular flexibility index (Phi) is 6.82. The highest BCUT2D eigenvalue weighted by molar-refractivity contribution is 6.03. The van der Waals surface area contributed by atoms with Gasteiger partial charge in [0.2, 0.25) is 5.91 Å². The maximum Gasteiger partial charge on any atom is 0.255 e. The van der Waals surface area contributed by atoms with E-state index in [4.69, 9.17) is 5.26 Å². The average molecular weight is 459 g/mol. The highest BCUT2D eigenvalue weighted by Crippen LogP contribution is 2.29. The zero-order valence-electron chi connectivity index (χ0n) is 19.8. The van der Waals surface area contributed by atoms with Crippen LogP contribution in [-0.4, -0.2) is 39.6 Å². The molecule has 176 valence electrons. The zero-order valence-corrected chi connectivity index (χ0v) is 19.8. The van der Waals surface area contributed by atoms with Crippen molar-refractivity contribution in [2.75, 3.05) is 5.32 Å². The number of nitrogens with zero attached hydrogens (tertiary/aromatic N) is 3. The molecule has 0 radical (unpaired) electrons. The second kappa shape index (κ2) is 9.96. The molecule has 2 aromatic heterocycles. The molecule has 0 saturated heterocycles. The van der Waals surface area contributed by atoms with Crippen molar-refractivity contribution < 1.29 is 9.59 Å². The summed E-state index contributed by atoms with van der Waals surface area (Å²) in [6, 6.07) is 11.9. The van der Waals surface area contributed by atoms with Crippen molar-refractivity contribution in [3.63, 3.8) is 0 Å². The Morgan fingerprint density at radius 3 is 2.29 bits per heavy atom. The van der Waals surface area contributed by atoms with Gasteiger partial charge in [0.15, 0.2) is 0 Å². The van der Waals surface area contributed by atoms with Gasteiger partial charge in [-0.1, -0.05) is 12.1 Å². The van der Waals surface area contributed by atoms with E-state index in [1.165, 1.54) is 6.92 Å². The Balaban J connectivity index is 1.58. The molecule has 3 N–H and O–H groups in total. The lowest BCUT2D eigenvalue weighted by Gasteiger charge is -2.29. The van der Waals surface area contributed by atoms with Crippen molar-refractivity contribution in [2.45, 2.75) is 64.6 Å². The number of anilines is 1. The minimum atomic E-state index is -0.151. The second-order valence-corrected chi connectivity index (χ2v) is 9.20. The molecule has 8 nitrogen and oxygen atoms in total. The number of amides is 2. The molecule has 3 aromatic rings. The number of carbonyl (C=O) groups excluding carboxylic acids is 2. The van der Waals surface area contributed by atoms with E-state index in [9.17, 15) is 9.59 Å². The molecule has 1 aromatic carbocycles. The van der Waals surface area contributed by atoms with E-state index in [0.717, 1.165) is 48.0 Å². The van der Waals surface area contributed by atoms with Gasteiger partial charge in [0.25, 0.3) is 5.91 Å². The van der Waals surface area contributed by atoms with Crippen LogP contribution in [0.4, 0.5) is 5.69 Å². The highest BCUT2D eigenvalue weighted by atomic mass is 16.2. The number of aromatic nitrogens is 2. The molecule has 1 aliphatic carbocycles. The third kappa shape index (κ3) is 5.20. The first kappa shape index (κ1) is 23.3. The molecule has 8 heteroatoms. The number of benzene rings is 1. The van der Waals surface area contributed by atoms with E-state index in [2.05, 4.69) is 27.1 Å². The number of hydrogen-bond donors (Lipinski definition) is 3. The fraction of sp³-hybridized carbons (Fsp3) is 0.385. The maximum atomic E-state index is 13.3. The molecule has 1 aliphatic rings. The van der Waals surface area contributed by atoms with Gasteiger partial charge < -0.3 is 16.0 Å². The van der Waals surface area contributed by atoms with Crippen molar-refractivity contribution in [1.29, 1.82) is 5.26 Å². The molecule has 0 bridgehead atoms. The summed E-state index contributed by atoms with van der Waals surface area (Å²) in [5, 5.41) is 23.1. The van der Waals surface area contributed by atoms with Gasteiger partial charge in [-0.3, -0.25) is 9.59 Å². The molecule has 0 aliphatic heterocycles. The zero-order chi connectivity index (χ0) is 24.2. The lowest BCUT2D eigenvalue weighted by molar-refractivity contribution is -0.119. The van der Waals surface area contributed by atoms with Crippen molar-refractivity contribution in [3.8, 4) is 17.2 Å². The number of rotatable bonds is 6. The number of nitrogens with one attached hydrogen (secondary N) is 3. The van der Waals surface area contributed by atoms with Gasteiger partial charge in [-0.25, -0.2) is 4.52 Å². The Labute approximate surface area is 199 Å². The summed E-state index contributed by atoms with van der Waals surface area (Å²) in [7, 11) is 0. The smallest absolute Gasteiger partial charge is 0.255 e. The summed E-state index contributed by atoms with van der Waals surface area (Å²) in [6.07, 6.45) is 6.89. The van der Waals surface area contributed by atoms with Crippen LogP contribution < -0.4 is 16.0 Å². The molecule has 1 saturated carbocycles. The standard InChI is InChI=1S/C26H30N6O2/c1-16(2)29-25-23(26(34)31-22-10-8-21(9-11-22)30-17(3)33)14-28-32-15-20(12-24(25)32)19-6-4-18(13-27)5-7-19/h4-7,12,14-16,21-22,29H,8-11H2,1-3H3,(H,30,33)(H,31,34). The summed E-state index contributed by atoms with van der Waals surface area (Å²) in [5.74, 6) is -0.161. The predicted molar refractivity (Wildman–Crippen MR) is 131 cm³/mol. The van der Waals surface area contributed by atoms with E-state index in [0.29, 0.717) is 11.1 Å². The van der Waals surface area contributed by atoms with Gasteiger partial charge >= 0.3 is 0 Å². The summed E-state index contributed by atoms with van der Waals surface area (Å²) < 4.78 is 1.77. The topological polar surface area (TPSA) is 111 Å². The third-order valence-corrected chi connectivity index (χ3v) is 6.13. The predicted octanol–water partition coefficient (Wildman–Crippen LogP) is 3.87. The second-order valence-electron chi connectivity index (χ2n) is 9.20. The van der Waals surface area contributed by atoms with E-state index in [1.807, 2.05) is 38.2 Å². The average Bonchev–Trinajstić information content (AvgIpc) is 3.25. The van der Waals surface area contributed by atoms with E-state index < -0.39 is 0 Å². The SMILES string of the molecule is CC(=O)NC1CCC(NC(=O)c2cnn3cc(-c4ccc(C#N)cc4)cc3c2NC(C)C)CC1. The molecule has 0 spiro atoms. The monoisotopic (exact) mass is 458 g/mol. The summed E-state index contributed by atoms with van der Waals surface area (Å²) >= 11 is 0. The van der Waals surface area contributed by atoms with Crippen LogP contribution in [0.5, 0.6) is 0 Å². The fourth-order valence-electron chi connectivity index (χ4n) is 4.50. The molecular formula is C26H30N6O2. The third-order valence-electron chi connectivity index (χ3n) is 6.13. The largest absolute Gasteiger partial charge is 0.380 e. The Bertz CT molecular complexity index is 1230. The minimum Gasteiger partial charge on any atom is -0.380 e. The quantitative estimate of drug-likeness (QED) is 0.519. The molecule has 1 fully saturated rings. The first-order valence-electron chi connectivity index (χ1n) is 11.7. The van der Waals surface area contributed by atoms with Crippen molar-refractivity contribution >= 4 is 23.0 Å². The first-order valence-corrected chi connectivity index (χ1v) is 11.7. The van der Waals surface area contributed by atoms with Gasteiger partial charge in [0.1, 0.15) is 0 Å². The molecule has 0 unspecified atom stereocenters. The van der Waals surface area contributed by atoms with Crippen LogP contribution in [0.25, 0.3) is 16.6 Å². The Morgan fingerprint density at radius 2 is 1.71 bits per heavy atom. The maximum absolute atomic E-state index is 13.3. The van der Waals surface area contributed by atoms with Crippen LogP contribution in [0, 0.1) is 11.3 Å². The van der Waals surface area contributed by atoms with E-state index in [1.54, 1.807) is 22.8 Å². The van der Waals surface area contributed by atoms with Gasteiger partial charge in [-0.2, -0.15) is 10.4 Å². The van der Waals surface area contributed by atoms with Gasteiger partial charge in [-0.05, 0) is 63.3 Å². The number of hydrogen-bond acceptors (Lipinski definition) is 5. The van der Waals surface area contributed by atoms with Crippen LogP contribution in [0.1, 0.15) is 62.4 Å². The molecular weight excluding hydrogens is 428 g/mol. The fourth-order valence-corrected chi connectivity index (χ4v) is 4.50. The number of fused-ring (bicyclic) bond motifs is 1. The van der Waals surface area contributed by atoms with Crippen LogP contribution >= 0.6 is 0 Å². The minimum absolute atomic E-state index is 0.0103. The summed E-state index contributed by atoms with van der Waals surface area (Å²) in [5.41, 5.74) is 4.61. The van der Waals surface area contributed by atoms with Crippen molar-refractivity contribution in [1.82, 2.24) is 20.2 Å². The molecule has 2 heterocycles. The summed E-state index contributed by atoms with van der Waals surface area (Å²) in [6.45, 7) is 5.60. The van der Waals surface area contributed by atoms with Crippen molar-refractivity contribution in [3.05, 3.63) is 53.9 Å². The summed E-state index contributed by atoms with van der Waals surface area (Å²) in [4.78, 5) is 24.6. The van der Waals surface area contributed by atoms with Crippen LogP contribution in [0.3, 0.4) is 0 Å². The number of carbonyl (C=O) groups is 2. The highest BCUT2D eigenvalue weighted by Gasteiger charge is 2.25. The van der Waals surface area contributed by atoms with Gasteiger partial charge in [0.05, 0.1) is 34.6 Å². The molecule has 4 rings (SSSR count). The Morgan fingerprint density at radius 1 is 1.06 bits per heavy atom. The molecule has 34 heavy (non-hydrogen) atoms. The normalized spacial score (nSPS) is 17.9. The Hall–Kier alpha value is -3.86. The van der Waals surface area contributed by atoms with Gasteiger partial charge in [0, 0.05) is 36.8 Å². The first-order chi connectivity index (χ1) is 16.3. The van der Waals surface area contributed by atoms with E-state index in [-0.39, 0.29) is 29.9 Å². The van der Waals surface area contributed by atoms with Crippen LogP contribution in [0.15, 0.2) is 42.7 Å². The van der Waals surface area contributed by atoms with Gasteiger partial charge in [-0.15, -0.1) is 0 Å². The van der Waals surface area contributed by atoms with Crippen LogP contribution in [-0.2, 0) is 4.79 Å². The van der Waals surface area contributed by atoms with Crippen molar-refractivity contribution in [2.24, 2.45) is 0 Å². The number of nitriles is 1. The lowest BCUT2D eigenvalue weighted by Crippen LogP contribution is -2.43. The molecule has 2 amide bonds. The van der Waals surface area contributed by atoms with E-state index >= 15 is 0 Å². The lowest BCUT2D eigenvalue weighted by atomic mass is 9.91. The molecule has 0 atom stereocenters.